The summed E-state index contributed by atoms with van der Waals surface area (Å²) in [5.41, 5.74) is 1.14. The second-order valence-corrected chi connectivity index (χ2v) is 7.23. The lowest BCUT2D eigenvalue weighted by Gasteiger charge is -2.40. The van der Waals surface area contributed by atoms with Crippen molar-refractivity contribution in [2.75, 3.05) is 38.1 Å². The van der Waals surface area contributed by atoms with E-state index >= 15 is 0 Å². The van der Waals surface area contributed by atoms with Gasteiger partial charge in [0.2, 0.25) is 0 Å². The predicted molar refractivity (Wildman–Crippen MR) is 102 cm³/mol. The van der Waals surface area contributed by atoms with E-state index in [1.165, 1.54) is 44.2 Å². The summed E-state index contributed by atoms with van der Waals surface area (Å²) in [4.78, 5) is 27.8. The van der Waals surface area contributed by atoms with Crippen molar-refractivity contribution in [2.24, 2.45) is 0 Å². The van der Waals surface area contributed by atoms with Gasteiger partial charge in [0, 0.05) is 38.3 Å². The second-order valence-electron chi connectivity index (χ2n) is 7.23. The highest BCUT2D eigenvalue weighted by Gasteiger charge is 2.28. The van der Waals surface area contributed by atoms with Gasteiger partial charge in [-0.25, -0.2) is 0 Å². The van der Waals surface area contributed by atoms with Gasteiger partial charge in [-0.1, -0.05) is 12.8 Å². The van der Waals surface area contributed by atoms with E-state index in [4.69, 9.17) is 0 Å². The number of likely N-dealkylation sites (tertiary alicyclic amines) is 1. The third kappa shape index (κ3) is 4.15. The van der Waals surface area contributed by atoms with E-state index in [0.717, 1.165) is 38.3 Å². The molecule has 2 aliphatic heterocycles. The lowest BCUT2D eigenvalue weighted by Crippen LogP contribution is -2.48. The minimum atomic E-state index is -0.452. The number of nitro groups is 1. The highest BCUT2D eigenvalue weighted by Crippen LogP contribution is 2.29. The van der Waals surface area contributed by atoms with Crippen LogP contribution >= 0.6 is 0 Å². The molecule has 1 amide bonds. The largest absolute Gasteiger partial charge is 0.369 e. The Morgan fingerprint density at radius 3 is 2.54 bits per heavy atom. The summed E-state index contributed by atoms with van der Waals surface area (Å²) in [5.74, 6) is -0.277. The van der Waals surface area contributed by atoms with Gasteiger partial charge in [-0.05, 0) is 44.8 Å². The number of anilines is 1. The van der Waals surface area contributed by atoms with Crippen molar-refractivity contribution >= 4 is 17.3 Å². The van der Waals surface area contributed by atoms with Gasteiger partial charge in [0.15, 0.2) is 0 Å². The van der Waals surface area contributed by atoms with Crippen LogP contribution in [0.5, 0.6) is 0 Å². The van der Waals surface area contributed by atoms with Gasteiger partial charge >= 0.3 is 0 Å². The Kier molecular flexibility index (Phi) is 6.08. The molecule has 0 radical (unpaired) electrons. The van der Waals surface area contributed by atoms with E-state index in [0.29, 0.717) is 11.6 Å². The number of hydrogen-bond acceptors (Lipinski definition) is 5. The summed E-state index contributed by atoms with van der Waals surface area (Å²) >= 11 is 0. The Bertz CT molecular complexity index is 656. The minimum absolute atomic E-state index is 0.0478. The Morgan fingerprint density at radius 1 is 1.15 bits per heavy atom. The fourth-order valence-electron chi connectivity index (χ4n) is 4.16. The smallest absolute Gasteiger partial charge is 0.270 e. The Morgan fingerprint density at radius 2 is 1.88 bits per heavy atom. The van der Waals surface area contributed by atoms with Crippen LogP contribution in [0.2, 0.25) is 0 Å². The molecule has 26 heavy (non-hydrogen) atoms. The molecular formula is C19H28N4O3. The minimum Gasteiger partial charge on any atom is -0.369 e. The molecule has 0 spiro atoms. The van der Waals surface area contributed by atoms with Gasteiger partial charge in [-0.2, -0.15) is 0 Å². The first-order chi connectivity index (χ1) is 12.6. The van der Waals surface area contributed by atoms with Crippen molar-refractivity contribution in [2.45, 2.75) is 44.6 Å². The van der Waals surface area contributed by atoms with Gasteiger partial charge in [0.25, 0.3) is 11.6 Å². The highest BCUT2D eigenvalue weighted by molar-refractivity contribution is 6.00. The quantitative estimate of drug-likeness (QED) is 0.660. The number of carbonyl (C=O) groups excluding carboxylic acids is 1. The number of rotatable bonds is 4. The maximum absolute atomic E-state index is 12.3. The number of nitro benzene ring substituents is 1. The summed E-state index contributed by atoms with van der Waals surface area (Å²) in [6.45, 7) is 4.07. The average Bonchev–Trinajstić information content (AvgIpc) is 2.96. The molecule has 0 aliphatic carbocycles. The third-order valence-corrected chi connectivity index (χ3v) is 5.56. The van der Waals surface area contributed by atoms with Crippen molar-refractivity contribution in [1.29, 1.82) is 0 Å². The molecule has 0 saturated carbocycles. The molecule has 7 heteroatoms. The second kappa shape index (κ2) is 8.49. The number of nitrogens with zero attached hydrogens (tertiary/aromatic N) is 3. The van der Waals surface area contributed by atoms with Gasteiger partial charge in [-0.3, -0.25) is 19.8 Å². The van der Waals surface area contributed by atoms with Crippen LogP contribution in [0, 0.1) is 10.1 Å². The third-order valence-electron chi connectivity index (χ3n) is 5.56. The van der Waals surface area contributed by atoms with Crippen LogP contribution in [0.4, 0.5) is 11.4 Å². The molecule has 1 aromatic rings. The normalized spacial score (nSPS) is 21.9. The van der Waals surface area contributed by atoms with E-state index in [2.05, 4.69) is 15.1 Å². The van der Waals surface area contributed by atoms with Crippen LogP contribution in [0.15, 0.2) is 18.2 Å². The molecule has 0 aromatic heterocycles. The predicted octanol–water partition coefficient (Wildman–Crippen LogP) is 2.80. The van der Waals surface area contributed by atoms with E-state index in [9.17, 15) is 14.9 Å². The molecule has 1 unspecified atom stereocenters. The van der Waals surface area contributed by atoms with Crippen LogP contribution in [-0.2, 0) is 0 Å². The number of benzene rings is 1. The number of carbonyl (C=O) groups is 1. The molecule has 1 aromatic carbocycles. The molecule has 2 saturated heterocycles. The van der Waals surface area contributed by atoms with Crippen LogP contribution in [0.25, 0.3) is 0 Å². The molecule has 2 fully saturated rings. The van der Waals surface area contributed by atoms with Crippen LogP contribution < -0.4 is 10.2 Å². The zero-order valence-electron chi connectivity index (χ0n) is 15.4. The molecule has 0 bridgehead atoms. The lowest BCUT2D eigenvalue weighted by molar-refractivity contribution is -0.384. The number of amides is 1. The monoisotopic (exact) mass is 360 g/mol. The lowest BCUT2D eigenvalue weighted by atomic mass is 10.0. The first-order valence-electron chi connectivity index (χ1n) is 9.59. The summed E-state index contributed by atoms with van der Waals surface area (Å²) in [6, 6.07) is 5.11. The number of non-ortho nitro benzene ring substituents is 1. The number of piperidine rings is 1. The van der Waals surface area contributed by atoms with Crippen LogP contribution in [0.1, 0.15) is 48.9 Å². The van der Waals surface area contributed by atoms with E-state index in [1.807, 2.05) is 0 Å². The number of nitrogens with one attached hydrogen (secondary N) is 1. The Balaban J connectivity index is 1.82. The van der Waals surface area contributed by atoms with Crippen molar-refractivity contribution in [3.8, 4) is 0 Å². The van der Waals surface area contributed by atoms with Crippen molar-refractivity contribution in [3.05, 3.63) is 33.9 Å². The summed E-state index contributed by atoms with van der Waals surface area (Å²) in [7, 11) is 1.56. The first kappa shape index (κ1) is 18.6. The van der Waals surface area contributed by atoms with E-state index < -0.39 is 4.92 Å². The maximum atomic E-state index is 12.3. The van der Waals surface area contributed by atoms with Crippen molar-refractivity contribution in [3.63, 3.8) is 0 Å². The molecular weight excluding hydrogens is 332 g/mol. The molecule has 2 aliphatic rings. The van der Waals surface area contributed by atoms with Crippen molar-refractivity contribution < 1.29 is 9.72 Å². The molecule has 7 nitrogen and oxygen atoms in total. The summed E-state index contributed by atoms with van der Waals surface area (Å²) in [5, 5.41) is 13.7. The Labute approximate surface area is 154 Å². The maximum Gasteiger partial charge on any atom is 0.270 e. The average molecular weight is 360 g/mol. The van der Waals surface area contributed by atoms with Crippen molar-refractivity contribution in [1.82, 2.24) is 10.2 Å². The fourth-order valence-corrected chi connectivity index (χ4v) is 4.16. The zero-order valence-corrected chi connectivity index (χ0v) is 15.4. The Hall–Kier alpha value is -2.15. The first-order valence-corrected chi connectivity index (χ1v) is 9.59. The van der Waals surface area contributed by atoms with Gasteiger partial charge in [0.05, 0.1) is 16.2 Å². The molecule has 1 atom stereocenters. The molecule has 2 heterocycles. The molecule has 3 rings (SSSR count). The van der Waals surface area contributed by atoms with Crippen LogP contribution in [0.3, 0.4) is 0 Å². The summed E-state index contributed by atoms with van der Waals surface area (Å²) in [6.07, 6.45) is 7.41. The SMILES string of the molecule is CNC(=O)c1cc([N+](=O)[O-])ccc1N1CCCC(N2CCCCCC2)C1. The van der Waals surface area contributed by atoms with Gasteiger partial charge < -0.3 is 10.2 Å². The molecule has 1 N–H and O–H groups in total. The zero-order chi connectivity index (χ0) is 18.5. The fraction of sp³-hybridized carbons (Fsp3) is 0.632. The molecule has 142 valence electrons. The van der Waals surface area contributed by atoms with Crippen LogP contribution in [-0.4, -0.2) is 55.0 Å². The van der Waals surface area contributed by atoms with Gasteiger partial charge in [0.1, 0.15) is 0 Å². The standard InChI is InChI=1S/C19H28N4O3/c1-20-19(24)17-13-15(23(25)26)8-9-18(17)22-12-6-7-16(14-22)21-10-4-2-3-5-11-21/h8-9,13,16H,2-7,10-12,14H2,1H3,(H,20,24). The summed E-state index contributed by atoms with van der Waals surface area (Å²) < 4.78 is 0. The van der Waals surface area contributed by atoms with E-state index in [-0.39, 0.29) is 11.6 Å². The van der Waals surface area contributed by atoms with E-state index in [1.54, 1.807) is 13.1 Å². The number of hydrogen-bond donors (Lipinski definition) is 1. The topological polar surface area (TPSA) is 78.7 Å². The van der Waals surface area contributed by atoms with Gasteiger partial charge in [-0.15, -0.1) is 0 Å². The highest BCUT2D eigenvalue weighted by atomic mass is 16.6.